The van der Waals surface area contributed by atoms with Gasteiger partial charge in [-0.1, -0.05) is 18.2 Å². The lowest BCUT2D eigenvalue weighted by Crippen LogP contribution is -2.49. The summed E-state index contributed by atoms with van der Waals surface area (Å²) in [5.74, 6) is 0.213. The van der Waals surface area contributed by atoms with Crippen LogP contribution in [0.1, 0.15) is 24.1 Å². The summed E-state index contributed by atoms with van der Waals surface area (Å²) in [4.78, 5) is 19.4. The first-order chi connectivity index (χ1) is 15.0. The van der Waals surface area contributed by atoms with Crippen LogP contribution in [-0.4, -0.2) is 72.6 Å². The second-order valence-corrected chi connectivity index (χ2v) is 7.54. The number of nitrogens with one attached hydrogen (secondary N) is 1. The molecule has 0 radical (unpaired) electrons. The number of rotatable bonds is 5. The minimum absolute atomic E-state index is 0.0712. The summed E-state index contributed by atoms with van der Waals surface area (Å²) in [6.45, 7) is 5.11. The summed E-state index contributed by atoms with van der Waals surface area (Å²) in [6, 6.07) is 9.24. The van der Waals surface area contributed by atoms with Gasteiger partial charge in [-0.15, -0.1) is 0 Å². The molecule has 31 heavy (non-hydrogen) atoms. The zero-order chi connectivity index (χ0) is 21.8. The molecule has 0 spiro atoms. The van der Waals surface area contributed by atoms with E-state index in [1.165, 1.54) is 17.1 Å². The topological polar surface area (TPSA) is 79.3 Å². The van der Waals surface area contributed by atoms with Gasteiger partial charge >= 0.3 is 6.03 Å². The number of carbonyl (C=O) groups excluding carboxylic acids is 1. The summed E-state index contributed by atoms with van der Waals surface area (Å²) in [6.07, 6.45) is 1.68. The number of ether oxygens (including phenoxy) is 2. The SMILES string of the molecule is COc1ccc([C@@H](C)NC(=O)N2CC(N3CCOCC3)C(c3ccc(F)cc3)=N2)cn1. The fourth-order valence-corrected chi connectivity index (χ4v) is 3.78. The standard InChI is InChI=1S/C22H26FN5O3/c1-15(17-5-8-20(30-2)24-13-17)25-22(29)28-14-19(27-9-11-31-12-10-27)21(26-28)16-3-6-18(23)7-4-16/h3-8,13,15,19H,9-12,14H2,1-2H3,(H,25,29)/t15-,19?/m1/s1. The second-order valence-electron chi connectivity index (χ2n) is 7.54. The Labute approximate surface area is 180 Å². The average Bonchev–Trinajstić information content (AvgIpc) is 3.26. The Kier molecular flexibility index (Phi) is 6.43. The van der Waals surface area contributed by atoms with Crippen molar-refractivity contribution in [2.45, 2.75) is 19.0 Å². The van der Waals surface area contributed by atoms with Gasteiger partial charge in [-0.05, 0) is 30.2 Å². The van der Waals surface area contributed by atoms with Gasteiger partial charge in [0.05, 0.1) is 44.7 Å². The van der Waals surface area contributed by atoms with Crippen LogP contribution in [0.3, 0.4) is 0 Å². The lowest BCUT2D eigenvalue weighted by atomic mass is 10.0. The molecule has 1 aromatic carbocycles. The van der Waals surface area contributed by atoms with Crippen LogP contribution in [0.25, 0.3) is 0 Å². The van der Waals surface area contributed by atoms with Crippen molar-refractivity contribution in [3.8, 4) is 5.88 Å². The van der Waals surface area contributed by atoms with E-state index >= 15 is 0 Å². The van der Waals surface area contributed by atoms with Crippen molar-refractivity contribution in [3.05, 3.63) is 59.5 Å². The zero-order valence-corrected chi connectivity index (χ0v) is 17.6. The lowest BCUT2D eigenvalue weighted by Gasteiger charge is -2.32. The molecule has 1 N–H and O–H groups in total. The van der Waals surface area contributed by atoms with Crippen LogP contribution in [0, 0.1) is 5.82 Å². The van der Waals surface area contributed by atoms with Crippen molar-refractivity contribution in [1.82, 2.24) is 20.2 Å². The van der Waals surface area contributed by atoms with Crippen molar-refractivity contribution in [2.75, 3.05) is 40.0 Å². The highest BCUT2D eigenvalue weighted by Gasteiger charge is 2.36. The van der Waals surface area contributed by atoms with Crippen molar-refractivity contribution < 1.29 is 18.7 Å². The Morgan fingerprint density at radius 3 is 2.61 bits per heavy atom. The van der Waals surface area contributed by atoms with E-state index in [-0.39, 0.29) is 23.9 Å². The third kappa shape index (κ3) is 4.83. The molecule has 1 aromatic heterocycles. The maximum absolute atomic E-state index is 13.4. The maximum atomic E-state index is 13.4. The molecule has 4 rings (SSSR count). The van der Waals surface area contributed by atoms with Gasteiger partial charge in [0.15, 0.2) is 0 Å². The molecule has 2 aliphatic rings. The normalized spacial score (nSPS) is 20.3. The van der Waals surface area contributed by atoms with E-state index in [0.29, 0.717) is 25.6 Å². The number of benzene rings is 1. The first-order valence-corrected chi connectivity index (χ1v) is 10.3. The van der Waals surface area contributed by atoms with Gasteiger partial charge in [0.25, 0.3) is 0 Å². The molecule has 1 fully saturated rings. The molecule has 1 saturated heterocycles. The molecule has 9 heteroatoms. The van der Waals surface area contributed by atoms with Crippen LogP contribution in [0.2, 0.25) is 0 Å². The van der Waals surface area contributed by atoms with E-state index in [1.807, 2.05) is 13.0 Å². The van der Waals surface area contributed by atoms with Gasteiger partial charge in [0, 0.05) is 25.4 Å². The van der Waals surface area contributed by atoms with Crippen molar-refractivity contribution in [2.24, 2.45) is 5.10 Å². The average molecular weight is 427 g/mol. The van der Waals surface area contributed by atoms with Crippen LogP contribution in [-0.2, 0) is 4.74 Å². The third-order valence-electron chi connectivity index (χ3n) is 5.56. The van der Waals surface area contributed by atoms with E-state index in [9.17, 15) is 9.18 Å². The van der Waals surface area contributed by atoms with Crippen molar-refractivity contribution >= 4 is 11.7 Å². The molecule has 8 nitrogen and oxygen atoms in total. The highest BCUT2D eigenvalue weighted by Crippen LogP contribution is 2.22. The number of methoxy groups -OCH3 is 1. The van der Waals surface area contributed by atoms with E-state index in [2.05, 4.69) is 20.3 Å². The van der Waals surface area contributed by atoms with Crippen LogP contribution >= 0.6 is 0 Å². The molecule has 2 atom stereocenters. The molecule has 164 valence electrons. The minimum Gasteiger partial charge on any atom is -0.481 e. The van der Waals surface area contributed by atoms with Gasteiger partial charge < -0.3 is 14.8 Å². The van der Waals surface area contributed by atoms with Gasteiger partial charge in [-0.2, -0.15) is 5.10 Å². The van der Waals surface area contributed by atoms with Crippen molar-refractivity contribution in [3.63, 3.8) is 0 Å². The number of hydrazone groups is 1. The first-order valence-electron chi connectivity index (χ1n) is 10.3. The number of halogens is 1. The number of carbonyl (C=O) groups is 1. The zero-order valence-electron chi connectivity index (χ0n) is 17.6. The Hall–Kier alpha value is -3.04. The van der Waals surface area contributed by atoms with Gasteiger partial charge in [0.2, 0.25) is 5.88 Å². The molecule has 2 aliphatic heterocycles. The molecule has 3 heterocycles. The maximum Gasteiger partial charge on any atom is 0.338 e. The van der Waals surface area contributed by atoms with E-state index in [1.54, 1.807) is 31.5 Å². The molecular formula is C22H26FN5O3. The third-order valence-corrected chi connectivity index (χ3v) is 5.56. The number of pyridine rings is 1. The first kappa shape index (κ1) is 21.2. The fraction of sp³-hybridized carbons (Fsp3) is 0.409. The quantitative estimate of drug-likeness (QED) is 0.793. The summed E-state index contributed by atoms with van der Waals surface area (Å²) >= 11 is 0. The molecule has 0 aliphatic carbocycles. The monoisotopic (exact) mass is 427 g/mol. The fourth-order valence-electron chi connectivity index (χ4n) is 3.78. The number of urea groups is 1. The molecule has 1 unspecified atom stereocenters. The highest BCUT2D eigenvalue weighted by atomic mass is 19.1. The van der Waals surface area contributed by atoms with E-state index in [4.69, 9.17) is 9.47 Å². The predicted molar refractivity (Wildman–Crippen MR) is 114 cm³/mol. The summed E-state index contributed by atoms with van der Waals surface area (Å²) in [5, 5.41) is 9.04. The molecule has 0 bridgehead atoms. The Morgan fingerprint density at radius 2 is 1.97 bits per heavy atom. The Balaban J connectivity index is 1.51. The summed E-state index contributed by atoms with van der Waals surface area (Å²) < 4.78 is 24.0. The second kappa shape index (κ2) is 9.40. The predicted octanol–water partition coefficient (Wildman–Crippen LogP) is 2.42. The smallest absolute Gasteiger partial charge is 0.338 e. The number of amides is 2. The number of aromatic nitrogens is 1. The number of nitrogens with zero attached hydrogens (tertiary/aromatic N) is 4. The van der Waals surface area contributed by atoms with Gasteiger partial charge in [-0.3, -0.25) is 4.90 Å². The minimum atomic E-state index is -0.304. The van der Waals surface area contributed by atoms with Gasteiger partial charge in [0.1, 0.15) is 5.82 Å². The lowest BCUT2D eigenvalue weighted by molar-refractivity contribution is 0.0277. The van der Waals surface area contributed by atoms with Crippen LogP contribution in [0.15, 0.2) is 47.7 Å². The van der Waals surface area contributed by atoms with Crippen molar-refractivity contribution in [1.29, 1.82) is 0 Å². The van der Waals surface area contributed by atoms with Crippen LogP contribution < -0.4 is 10.1 Å². The van der Waals surface area contributed by atoms with Gasteiger partial charge in [-0.25, -0.2) is 19.2 Å². The van der Waals surface area contributed by atoms with E-state index < -0.39 is 0 Å². The number of hydrogen-bond acceptors (Lipinski definition) is 6. The largest absolute Gasteiger partial charge is 0.481 e. The molecular weight excluding hydrogens is 401 g/mol. The molecule has 2 aromatic rings. The highest BCUT2D eigenvalue weighted by molar-refractivity contribution is 6.06. The van der Waals surface area contributed by atoms with Crippen LogP contribution in [0.5, 0.6) is 5.88 Å². The molecule has 0 saturated carbocycles. The Morgan fingerprint density at radius 1 is 1.23 bits per heavy atom. The number of morpholine rings is 1. The number of hydrogen-bond donors (Lipinski definition) is 1. The van der Waals surface area contributed by atoms with E-state index in [0.717, 1.165) is 29.9 Å². The van der Waals surface area contributed by atoms with Crippen LogP contribution in [0.4, 0.5) is 9.18 Å². The summed E-state index contributed by atoms with van der Waals surface area (Å²) in [7, 11) is 1.56. The Bertz CT molecular complexity index is 929. The summed E-state index contributed by atoms with van der Waals surface area (Å²) in [5.41, 5.74) is 2.43. The molecule has 2 amide bonds.